The van der Waals surface area contributed by atoms with Gasteiger partial charge in [0.25, 0.3) is 0 Å². The van der Waals surface area contributed by atoms with Crippen LogP contribution < -0.4 is 4.90 Å². The molecule has 24 heavy (non-hydrogen) atoms. The maximum atomic E-state index is 12.7. The molecule has 0 aromatic carbocycles. The zero-order valence-electron chi connectivity index (χ0n) is 13.1. The minimum absolute atomic E-state index is 0.125. The van der Waals surface area contributed by atoms with Gasteiger partial charge in [0, 0.05) is 49.7 Å². The lowest BCUT2D eigenvalue weighted by Crippen LogP contribution is -2.54. The van der Waals surface area contributed by atoms with E-state index in [9.17, 15) is 13.2 Å². The van der Waals surface area contributed by atoms with Crippen LogP contribution in [0.5, 0.6) is 0 Å². The fourth-order valence-electron chi connectivity index (χ4n) is 3.40. The Bertz CT molecular complexity index is 692. The van der Waals surface area contributed by atoms with Gasteiger partial charge in [-0.1, -0.05) is 0 Å². The molecule has 2 aromatic heterocycles. The first-order valence-corrected chi connectivity index (χ1v) is 7.97. The summed E-state index contributed by atoms with van der Waals surface area (Å²) in [6.07, 6.45) is 2.54. The smallest absolute Gasteiger partial charge is 0.353 e. The number of hydrogen-bond acceptors (Lipinski definition) is 4. The molecule has 0 unspecified atom stereocenters. The number of pyridine rings is 1. The lowest BCUT2D eigenvalue weighted by Gasteiger charge is -2.42. The van der Waals surface area contributed by atoms with Crippen molar-refractivity contribution < 1.29 is 13.2 Å². The second kappa shape index (κ2) is 5.47. The number of piperazine rings is 1. The van der Waals surface area contributed by atoms with Crippen LogP contribution in [-0.2, 0) is 12.7 Å². The highest BCUT2D eigenvalue weighted by Crippen LogP contribution is 2.45. The van der Waals surface area contributed by atoms with Crippen molar-refractivity contribution in [1.29, 1.82) is 0 Å². The number of aromatic nitrogens is 3. The van der Waals surface area contributed by atoms with E-state index in [2.05, 4.69) is 25.0 Å². The number of H-pyrrole nitrogens is 1. The van der Waals surface area contributed by atoms with Gasteiger partial charge in [0.15, 0.2) is 0 Å². The zero-order chi connectivity index (χ0) is 16.8. The molecular weight excluding hydrogens is 319 g/mol. The number of anilines is 1. The lowest BCUT2D eigenvalue weighted by atomic mass is 10.1. The highest BCUT2D eigenvalue weighted by Gasteiger charge is 2.51. The molecule has 1 N–H and O–H groups in total. The minimum atomic E-state index is -4.34. The summed E-state index contributed by atoms with van der Waals surface area (Å²) in [6, 6.07) is 2.59. The third-order valence-corrected chi connectivity index (χ3v) is 4.95. The molecule has 0 atom stereocenters. The molecular formula is C16H18F3N5. The van der Waals surface area contributed by atoms with Gasteiger partial charge in [-0.05, 0) is 25.0 Å². The molecule has 4 rings (SSSR count). The van der Waals surface area contributed by atoms with Crippen LogP contribution in [0.3, 0.4) is 0 Å². The Morgan fingerprint density at radius 3 is 2.58 bits per heavy atom. The predicted molar refractivity (Wildman–Crippen MR) is 82.4 cm³/mol. The number of alkyl halides is 3. The summed E-state index contributed by atoms with van der Waals surface area (Å²) in [5.74, 6) is 0.622. The summed E-state index contributed by atoms with van der Waals surface area (Å²) in [5, 5.41) is 6.81. The molecule has 2 fully saturated rings. The highest BCUT2D eigenvalue weighted by molar-refractivity contribution is 5.42. The maximum Gasteiger partial charge on any atom is 0.417 e. The van der Waals surface area contributed by atoms with Crippen molar-refractivity contribution >= 4 is 5.82 Å². The average Bonchev–Trinajstić information content (AvgIpc) is 3.12. The van der Waals surface area contributed by atoms with Crippen molar-refractivity contribution in [3.63, 3.8) is 0 Å². The minimum Gasteiger partial charge on any atom is -0.353 e. The summed E-state index contributed by atoms with van der Waals surface area (Å²) < 4.78 is 38.0. The molecule has 5 nitrogen and oxygen atoms in total. The van der Waals surface area contributed by atoms with Crippen LogP contribution in [0.2, 0.25) is 0 Å². The average molecular weight is 337 g/mol. The van der Waals surface area contributed by atoms with Gasteiger partial charge in [-0.15, -0.1) is 0 Å². The normalized spacial score (nSPS) is 20.5. The third kappa shape index (κ3) is 2.86. The van der Waals surface area contributed by atoms with Gasteiger partial charge in [0.2, 0.25) is 0 Å². The molecule has 1 saturated heterocycles. The summed E-state index contributed by atoms with van der Waals surface area (Å²) in [6.45, 7) is 3.29. The lowest BCUT2D eigenvalue weighted by molar-refractivity contribution is -0.137. The number of hydrogen-bond donors (Lipinski definition) is 1. The Morgan fingerprint density at radius 1 is 1.17 bits per heavy atom. The molecule has 1 saturated carbocycles. The summed E-state index contributed by atoms with van der Waals surface area (Å²) in [5.41, 5.74) is 0.577. The van der Waals surface area contributed by atoms with E-state index in [0.29, 0.717) is 5.82 Å². The van der Waals surface area contributed by atoms with Gasteiger partial charge in [0.05, 0.1) is 11.8 Å². The molecule has 0 bridgehead atoms. The van der Waals surface area contributed by atoms with Crippen molar-refractivity contribution in [1.82, 2.24) is 20.1 Å². The van der Waals surface area contributed by atoms with Crippen LogP contribution in [0.15, 0.2) is 30.7 Å². The van der Waals surface area contributed by atoms with E-state index in [-0.39, 0.29) is 5.54 Å². The zero-order valence-corrected chi connectivity index (χ0v) is 13.1. The van der Waals surface area contributed by atoms with Gasteiger partial charge >= 0.3 is 6.18 Å². The molecule has 1 aliphatic heterocycles. The molecule has 3 heterocycles. The van der Waals surface area contributed by atoms with Gasteiger partial charge in [0.1, 0.15) is 5.82 Å². The first-order valence-electron chi connectivity index (χ1n) is 7.97. The first-order chi connectivity index (χ1) is 11.5. The number of aromatic amines is 1. The van der Waals surface area contributed by atoms with E-state index < -0.39 is 11.7 Å². The van der Waals surface area contributed by atoms with Crippen molar-refractivity contribution in [3.05, 3.63) is 41.9 Å². The van der Waals surface area contributed by atoms with Crippen LogP contribution in [-0.4, -0.2) is 45.3 Å². The highest BCUT2D eigenvalue weighted by atomic mass is 19.4. The standard InChI is InChI=1S/C16H18F3N5/c17-16(18,19)13-1-2-14(20-9-13)23-5-6-24(15(11-23)3-4-15)10-12-7-21-22-8-12/h1-2,7-9H,3-6,10-11H2,(H,21,22). The van der Waals surface area contributed by atoms with Gasteiger partial charge < -0.3 is 4.90 Å². The molecule has 1 spiro atoms. The van der Waals surface area contributed by atoms with Gasteiger partial charge in [-0.2, -0.15) is 18.3 Å². The SMILES string of the molecule is FC(F)(F)c1ccc(N2CCN(Cc3cn[nH]c3)C3(CC3)C2)nc1. The molecule has 0 amide bonds. The summed E-state index contributed by atoms with van der Waals surface area (Å²) in [7, 11) is 0. The monoisotopic (exact) mass is 337 g/mol. The number of rotatable bonds is 3. The molecule has 2 aliphatic rings. The Morgan fingerprint density at radius 2 is 2.00 bits per heavy atom. The van der Waals surface area contributed by atoms with E-state index in [1.54, 1.807) is 0 Å². The van der Waals surface area contributed by atoms with E-state index in [4.69, 9.17) is 0 Å². The van der Waals surface area contributed by atoms with Crippen LogP contribution in [0.25, 0.3) is 0 Å². The first kappa shape index (κ1) is 15.4. The maximum absolute atomic E-state index is 12.7. The Labute approximate surface area is 137 Å². The van der Waals surface area contributed by atoms with E-state index in [1.807, 2.05) is 12.4 Å². The number of halogens is 3. The van der Waals surface area contributed by atoms with Crippen molar-refractivity contribution in [2.75, 3.05) is 24.5 Å². The van der Waals surface area contributed by atoms with Crippen molar-refractivity contribution in [2.45, 2.75) is 31.1 Å². The van der Waals surface area contributed by atoms with Crippen LogP contribution in [0.4, 0.5) is 19.0 Å². The summed E-state index contributed by atoms with van der Waals surface area (Å²) in [4.78, 5) is 8.59. The van der Waals surface area contributed by atoms with E-state index in [1.165, 1.54) is 6.07 Å². The largest absolute Gasteiger partial charge is 0.417 e. The second-order valence-electron chi connectivity index (χ2n) is 6.58. The Kier molecular flexibility index (Phi) is 3.52. The van der Waals surface area contributed by atoms with E-state index >= 15 is 0 Å². The number of nitrogens with one attached hydrogen (secondary N) is 1. The molecule has 2 aromatic rings. The molecule has 1 aliphatic carbocycles. The van der Waals surface area contributed by atoms with E-state index in [0.717, 1.165) is 56.8 Å². The second-order valence-corrected chi connectivity index (χ2v) is 6.58. The predicted octanol–water partition coefficient (Wildman–Crippen LogP) is 2.68. The van der Waals surface area contributed by atoms with Crippen molar-refractivity contribution in [2.24, 2.45) is 0 Å². The van der Waals surface area contributed by atoms with Crippen LogP contribution in [0.1, 0.15) is 24.0 Å². The van der Waals surface area contributed by atoms with Gasteiger partial charge in [-0.25, -0.2) is 4.98 Å². The topological polar surface area (TPSA) is 48.0 Å². The fraction of sp³-hybridized carbons (Fsp3) is 0.500. The Balaban J connectivity index is 1.46. The quantitative estimate of drug-likeness (QED) is 0.935. The fourth-order valence-corrected chi connectivity index (χ4v) is 3.40. The van der Waals surface area contributed by atoms with Crippen LogP contribution >= 0.6 is 0 Å². The number of nitrogens with zero attached hydrogens (tertiary/aromatic N) is 4. The molecule has 0 radical (unpaired) electrons. The third-order valence-electron chi connectivity index (χ3n) is 4.95. The molecule has 8 heteroatoms. The summed E-state index contributed by atoms with van der Waals surface area (Å²) >= 11 is 0. The van der Waals surface area contributed by atoms with Crippen LogP contribution in [0, 0.1) is 0 Å². The Hall–Kier alpha value is -2.09. The van der Waals surface area contributed by atoms with Gasteiger partial charge in [-0.3, -0.25) is 10.00 Å². The van der Waals surface area contributed by atoms with Crippen molar-refractivity contribution in [3.8, 4) is 0 Å². The molecule has 128 valence electrons.